The van der Waals surface area contributed by atoms with Gasteiger partial charge in [0.05, 0.1) is 11.5 Å². The molecule has 0 N–H and O–H groups in total. The second-order valence-corrected chi connectivity index (χ2v) is 5.54. The first kappa shape index (κ1) is 18.5. The zero-order valence-electron chi connectivity index (χ0n) is 13.6. The Morgan fingerprint density at radius 1 is 1.11 bits per heavy atom. The lowest BCUT2D eigenvalue weighted by atomic mass is 10.1. The van der Waals surface area contributed by atoms with Gasteiger partial charge in [-0.3, -0.25) is 10.1 Å². The summed E-state index contributed by atoms with van der Waals surface area (Å²) in [5.41, 5.74) is 1.50. The van der Waals surface area contributed by atoms with Crippen molar-refractivity contribution in [2.45, 2.75) is 12.8 Å². The summed E-state index contributed by atoms with van der Waals surface area (Å²) in [6, 6.07) is 12.1. The minimum atomic E-state index is -4.39. The number of alkyl halides is 3. The molecule has 0 unspecified atom stereocenters. The molecule has 0 amide bonds. The molecular weight excluding hydrogens is 367 g/mol. The van der Waals surface area contributed by atoms with E-state index in [0.717, 1.165) is 0 Å². The number of aromatic nitrogens is 2. The number of halogens is 3. The summed E-state index contributed by atoms with van der Waals surface area (Å²) in [5, 5.41) is 14.5. The standard InChI is InChI=1S/C17H12F3N3O4/c18-17(19,20)10-26-9-11-2-1-3-13(8-11)16-21-15(22-27-16)12-4-6-14(7-5-12)23(24)25/h1-8H,9-10H2. The quantitative estimate of drug-likeness (QED) is 0.466. The highest BCUT2D eigenvalue weighted by Crippen LogP contribution is 2.25. The number of nitro benzene ring substituents is 1. The third-order valence-electron chi connectivity index (χ3n) is 3.47. The van der Waals surface area contributed by atoms with E-state index in [9.17, 15) is 23.3 Å². The summed E-state index contributed by atoms with van der Waals surface area (Å²) in [4.78, 5) is 14.4. The molecule has 0 bridgehead atoms. The van der Waals surface area contributed by atoms with Crippen molar-refractivity contribution in [2.75, 3.05) is 6.61 Å². The van der Waals surface area contributed by atoms with E-state index in [1.807, 2.05) is 0 Å². The van der Waals surface area contributed by atoms with Crippen molar-refractivity contribution in [1.29, 1.82) is 0 Å². The number of nitro groups is 1. The molecule has 0 atom stereocenters. The molecule has 3 aromatic rings. The normalized spacial score (nSPS) is 11.5. The maximum absolute atomic E-state index is 12.1. The Kier molecular flexibility index (Phi) is 5.17. The van der Waals surface area contributed by atoms with Crippen LogP contribution in [0.25, 0.3) is 22.8 Å². The van der Waals surface area contributed by atoms with Crippen LogP contribution in [0.1, 0.15) is 5.56 Å². The summed E-state index contributed by atoms with van der Waals surface area (Å²) >= 11 is 0. The van der Waals surface area contributed by atoms with Crippen LogP contribution in [0.3, 0.4) is 0 Å². The molecule has 3 rings (SSSR count). The second kappa shape index (κ2) is 7.54. The maximum Gasteiger partial charge on any atom is 0.411 e. The number of hydrogen-bond acceptors (Lipinski definition) is 6. The topological polar surface area (TPSA) is 91.3 Å². The Balaban J connectivity index is 1.74. The number of non-ortho nitro benzene ring substituents is 1. The first-order valence-electron chi connectivity index (χ1n) is 7.64. The molecule has 0 aliphatic carbocycles. The van der Waals surface area contributed by atoms with Crippen molar-refractivity contribution in [3.63, 3.8) is 0 Å². The highest BCUT2D eigenvalue weighted by atomic mass is 19.4. The highest BCUT2D eigenvalue weighted by Gasteiger charge is 2.27. The Labute approximate surface area is 150 Å². The van der Waals surface area contributed by atoms with Gasteiger partial charge >= 0.3 is 6.18 Å². The van der Waals surface area contributed by atoms with E-state index < -0.39 is 17.7 Å². The van der Waals surface area contributed by atoms with Crippen molar-refractivity contribution in [1.82, 2.24) is 10.1 Å². The fraction of sp³-hybridized carbons (Fsp3) is 0.176. The Bertz CT molecular complexity index is 939. The van der Waals surface area contributed by atoms with E-state index in [0.29, 0.717) is 16.7 Å². The summed E-state index contributed by atoms with van der Waals surface area (Å²) in [5.74, 6) is 0.402. The largest absolute Gasteiger partial charge is 0.411 e. The monoisotopic (exact) mass is 379 g/mol. The second-order valence-electron chi connectivity index (χ2n) is 5.54. The van der Waals surface area contributed by atoms with Crippen LogP contribution in [0.5, 0.6) is 0 Å². The van der Waals surface area contributed by atoms with Crippen molar-refractivity contribution < 1.29 is 27.4 Å². The number of nitrogens with zero attached hydrogens (tertiary/aromatic N) is 3. The zero-order chi connectivity index (χ0) is 19.4. The van der Waals surface area contributed by atoms with E-state index in [4.69, 9.17) is 4.52 Å². The van der Waals surface area contributed by atoms with Crippen LogP contribution in [-0.4, -0.2) is 27.8 Å². The summed E-state index contributed by atoms with van der Waals surface area (Å²) in [7, 11) is 0. The van der Waals surface area contributed by atoms with Gasteiger partial charge in [0.15, 0.2) is 0 Å². The van der Waals surface area contributed by atoms with Gasteiger partial charge in [0.25, 0.3) is 11.6 Å². The van der Waals surface area contributed by atoms with Crippen LogP contribution in [0, 0.1) is 10.1 Å². The molecule has 7 nitrogen and oxygen atoms in total. The van der Waals surface area contributed by atoms with E-state index in [2.05, 4.69) is 14.9 Å². The first-order chi connectivity index (χ1) is 12.8. The first-order valence-corrected chi connectivity index (χ1v) is 7.64. The van der Waals surface area contributed by atoms with Gasteiger partial charge in [-0.2, -0.15) is 18.2 Å². The molecule has 0 saturated carbocycles. The van der Waals surface area contributed by atoms with Gasteiger partial charge < -0.3 is 9.26 Å². The predicted octanol–water partition coefficient (Wildman–Crippen LogP) is 4.39. The molecular formula is C17H12F3N3O4. The number of rotatable bonds is 6. The van der Waals surface area contributed by atoms with Gasteiger partial charge in [-0.15, -0.1) is 0 Å². The molecule has 140 valence electrons. The molecule has 0 aliphatic rings. The third kappa shape index (κ3) is 4.88. The predicted molar refractivity (Wildman–Crippen MR) is 87.5 cm³/mol. The van der Waals surface area contributed by atoms with Crippen molar-refractivity contribution in [3.8, 4) is 22.8 Å². The van der Waals surface area contributed by atoms with Crippen molar-refractivity contribution >= 4 is 5.69 Å². The molecule has 27 heavy (non-hydrogen) atoms. The molecule has 1 aromatic heterocycles. The van der Waals surface area contributed by atoms with Gasteiger partial charge in [-0.05, 0) is 29.8 Å². The molecule has 10 heteroatoms. The average Bonchev–Trinajstić information content (AvgIpc) is 3.11. The minimum absolute atomic E-state index is 0.0611. The Morgan fingerprint density at radius 2 is 1.85 bits per heavy atom. The molecule has 0 saturated heterocycles. The van der Waals surface area contributed by atoms with Crippen LogP contribution in [-0.2, 0) is 11.3 Å². The molecule has 1 heterocycles. The highest BCUT2D eigenvalue weighted by molar-refractivity contribution is 5.61. The number of ether oxygens (including phenoxy) is 1. The SMILES string of the molecule is O=[N+]([O-])c1ccc(-c2noc(-c3cccc(COCC(F)(F)F)c3)n2)cc1. The average molecular weight is 379 g/mol. The van der Waals surface area contributed by atoms with Crippen LogP contribution in [0.2, 0.25) is 0 Å². The van der Waals surface area contributed by atoms with Crippen LogP contribution >= 0.6 is 0 Å². The lowest BCUT2D eigenvalue weighted by Gasteiger charge is -2.07. The van der Waals surface area contributed by atoms with Crippen LogP contribution < -0.4 is 0 Å². The Hall–Kier alpha value is -3.27. The summed E-state index contributed by atoms with van der Waals surface area (Å²) < 4.78 is 46.2. The fourth-order valence-electron chi connectivity index (χ4n) is 2.27. The van der Waals surface area contributed by atoms with Gasteiger partial charge in [-0.1, -0.05) is 17.3 Å². The molecule has 0 fully saturated rings. The van der Waals surface area contributed by atoms with Gasteiger partial charge in [0.2, 0.25) is 5.82 Å². The lowest BCUT2D eigenvalue weighted by Crippen LogP contribution is -2.16. The minimum Gasteiger partial charge on any atom is -0.367 e. The lowest BCUT2D eigenvalue weighted by molar-refractivity contribution is -0.384. The summed E-state index contributed by atoms with van der Waals surface area (Å²) in [6.45, 7) is -1.54. The molecule has 0 radical (unpaired) electrons. The van der Waals surface area contributed by atoms with E-state index in [-0.39, 0.29) is 24.0 Å². The van der Waals surface area contributed by atoms with Gasteiger partial charge in [0, 0.05) is 23.3 Å². The van der Waals surface area contributed by atoms with Gasteiger partial charge in [-0.25, -0.2) is 0 Å². The van der Waals surface area contributed by atoms with E-state index in [1.54, 1.807) is 24.3 Å². The zero-order valence-corrected chi connectivity index (χ0v) is 13.6. The third-order valence-corrected chi connectivity index (χ3v) is 3.47. The van der Waals surface area contributed by atoms with Crippen LogP contribution in [0.15, 0.2) is 53.1 Å². The number of hydrogen-bond donors (Lipinski definition) is 0. The smallest absolute Gasteiger partial charge is 0.367 e. The molecule has 0 spiro atoms. The van der Waals surface area contributed by atoms with Gasteiger partial charge in [0.1, 0.15) is 6.61 Å². The van der Waals surface area contributed by atoms with Crippen molar-refractivity contribution in [2.24, 2.45) is 0 Å². The Morgan fingerprint density at radius 3 is 2.52 bits per heavy atom. The maximum atomic E-state index is 12.1. The van der Waals surface area contributed by atoms with E-state index >= 15 is 0 Å². The number of benzene rings is 2. The van der Waals surface area contributed by atoms with Crippen LogP contribution in [0.4, 0.5) is 18.9 Å². The molecule has 2 aromatic carbocycles. The molecule has 0 aliphatic heterocycles. The van der Waals surface area contributed by atoms with Crippen molar-refractivity contribution in [3.05, 3.63) is 64.2 Å². The fourth-order valence-corrected chi connectivity index (χ4v) is 2.27. The van der Waals surface area contributed by atoms with E-state index in [1.165, 1.54) is 24.3 Å². The summed E-state index contributed by atoms with van der Waals surface area (Å²) in [6.07, 6.45) is -4.39.